The molecule has 0 saturated carbocycles. The molecule has 7 nitrogen and oxygen atoms in total. The molecule has 0 aliphatic heterocycles. The van der Waals surface area contributed by atoms with Gasteiger partial charge in [0.05, 0.1) is 6.54 Å². The van der Waals surface area contributed by atoms with Crippen LogP contribution in [0.2, 0.25) is 0 Å². The predicted octanol–water partition coefficient (Wildman–Crippen LogP) is 1.44. The average molecular weight is 317 g/mol. The molecule has 0 saturated heterocycles. The van der Waals surface area contributed by atoms with Gasteiger partial charge >= 0.3 is 6.18 Å². The van der Waals surface area contributed by atoms with E-state index in [0.717, 1.165) is 6.21 Å². The van der Waals surface area contributed by atoms with Gasteiger partial charge in [0.25, 0.3) is 0 Å². The van der Waals surface area contributed by atoms with E-state index in [1.54, 1.807) is 0 Å². The number of alkyl halides is 3. The molecule has 0 aliphatic rings. The van der Waals surface area contributed by atoms with E-state index in [-0.39, 0.29) is 30.7 Å². The summed E-state index contributed by atoms with van der Waals surface area (Å²) < 4.78 is 41.2. The molecule has 0 aliphatic carbocycles. The van der Waals surface area contributed by atoms with E-state index in [9.17, 15) is 18.0 Å². The number of aromatic nitrogens is 2. The fourth-order valence-corrected chi connectivity index (χ4v) is 1.37. The van der Waals surface area contributed by atoms with E-state index in [2.05, 4.69) is 19.7 Å². The van der Waals surface area contributed by atoms with Crippen LogP contribution in [0.25, 0.3) is 0 Å². The molecule has 1 heterocycles. The minimum absolute atomic E-state index is 0.0556. The van der Waals surface area contributed by atoms with Crippen molar-refractivity contribution in [1.82, 2.24) is 14.9 Å². The number of nitrogens with one attached hydrogen (secondary N) is 1. The molecule has 0 atom stereocenters. The number of aliphatic imine (C=N–C) groups is 1. The summed E-state index contributed by atoms with van der Waals surface area (Å²) in [5.41, 5.74) is 0.0898. The van der Waals surface area contributed by atoms with Gasteiger partial charge in [-0.2, -0.15) is 13.2 Å². The monoisotopic (exact) mass is 317 g/mol. The Labute approximate surface area is 124 Å². The summed E-state index contributed by atoms with van der Waals surface area (Å²) in [6.07, 6.45) is 0.116. The van der Waals surface area contributed by atoms with Crippen molar-refractivity contribution in [3.05, 3.63) is 18.1 Å². The minimum Gasteiger partial charge on any atom is -0.467 e. The number of carbonyl (C=O) groups is 1. The summed E-state index contributed by atoms with van der Waals surface area (Å²) in [4.78, 5) is 24.1. The van der Waals surface area contributed by atoms with Crippen molar-refractivity contribution in [2.24, 2.45) is 4.99 Å². The van der Waals surface area contributed by atoms with Crippen molar-refractivity contribution in [2.75, 3.05) is 13.3 Å². The van der Waals surface area contributed by atoms with Crippen LogP contribution >= 0.6 is 0 Å². The smallest absolute Gasteiger partial charge is 0.422 e. The zero-order valence-electron chi connectivity index (χ0n) is 11.7. The molecule has 1 rings (SSSR count). The van der Waals surface area contributed by atoms with E-state index in [4.69, 9.17) is 5.41 Å². The number of halogens is 3. The third-order valence-electron chi connectivity index (χ3n) is 2.33. The van der Waals surface area contributed by atoms with Crippen molar-refractivity contribution >= 4 is 18.3 Å². The van der Waals surface area contributed by atoms with Crippen LogP contribution in [0.5, 0.6) is 5.88 Å². The van der Waals surface area contributed by atoms with E-state index in [1.165, 1.54) is 30.4 Å². The van der Waals surface area contributed by atoms with Crippen molar-refractivity contribution in [3.63, 3.8) is 0 Å². The molecule has 120 valence electrons. The number of hydrogen-bond donors (Lipinski definition) is 1. The summed E-state index contributed by atoms with van der Waals surface area (Å²) in [5, 5.41) is 6.80. The van der Waals surface area contributed by atoms with Gasteiger partial charge in [0.15, 0.2) is 6.61 Å². The van der Waals surface area contributed by atoms with Crippen LogP contribution in [0.4, 0.5) is 13.2 Å². The maximum atomic E-state index is 12.2. The summed E-state index contributed by atoms with van der Waals surface area (Å²) in [7, 11) is 0. The first-order chi connectivity index (χ1) is 10.3. The fraction of sp³-hybridized carbons (Fsp3) is 0.417. The van der Waals surface area contributed by atoms with Gasteiger partial charge in [-0.3, -0.25) is 14.8 Å². The van der Waals surface area contributed by atoms with Crippen molar-refractivity contribution in [3.8, 4) is 5.88 Å². The maximum absolute atomic E-state index is 12.2. The molecule has 0 aromatic carbocycles. The van der Waals surface area contributed by atoms with Crippen LogP contribution in [0.15, 0.2) is 17.4 Å². The molecule has 10 heteroatoms. The zero-order valence-corrected chi connectivity index (χ0v) is 11.7. The standard InChI is InChI=1S/C12H14F3N5O2/c1-9(21)20(8-17-3-2-16)6-10-11(19-5-4-18-10)22-7-12(13,14)15/h2-5,16H,6-8H2,1H3. The van der Waals surface area contributed by atoms with Gasteiger partial charge in [0, 0.05) is 31.7 Å². The molecular weight excluding hydrogens is 303 g/mol. The second-order valence-corrected chi connectivity index (χ2v) is 4.07. The van der Waals surface area contributed by atoms with E-state index < -0.39 is 12.8 Å². The summed E-state index contributed by atoms with van der Waals surface area (Å²) in [6, 6.07) is 0. The molecule has 1 aromatic heterocycles. The Hall–Kier alpha value is -2.52. The molecule has 0 bridgehead atoms. The highest BCUT2D eigenvalue weighted by atomic mass is 19.4. The first-order valence-corrected chi connectivity index (χ1v) is 6.07. The Morgan fingerprint density at radius 2 is 2.14 bits per heavy atom. The molecular formula is C12H14F3N5O2. The van der Waals surface area contributed by atoms with Gasteiger partial charge in [-0.15, -0.1) is 0 Å². The topological polar surface area (TPSA) is 91.5 Å². The average Bonchev–Trinajstić information content (AvgIpc) is 2.44. The van der Waals surface area contributed by atoms with Crippen LogP contribution in [-0.4, -0.2) is 52.7 Å². The lowest BCUT2D eigenvalue weighted by molar-refractivity contribution is -0.154. The largest absolute Gasteiger partial charge is 0.467 e. The second-order valence-electron chi connectivity index (χ2n) is 4.07. The summed E-state index contributed by atoms with van der Waals surface area (Å²) in [5.74, 6) is -0.642. The van der Waals surface area contributed by atoms with Gasteiger partial charge in [-0.1, -0.05) is 0 Å². The lowest BCUT2D eigenvalue weighted by Gasteiger charge is -2.19. The summed E-state index contributed by atoms with van der Waals surface area (Å²) >= 11 is 0. The Bertz CT molecular complexity index is 548. The van der Waals surface area contributed by atoms with Crippen LogP contribution in [0.3, 0.4) is 0 Å². The fourth-order valence-electron chi connectivity index (χ4n) is 1.37. The highest BCUT2D eigenvalue weighted by molar-refractivity contribution is 6.14. The highest BCUT2D eigenvalue weighted by Gasteiger charge is 2.29. The predicted molar refractivity (Wildman–Crippen MR) is 71.9 cm³/mol. The molecule has 22 heavy (non-hydrogen) atoms. The van der Waals surface area contributed by atoms with Gasteiger partial charge in [-0.25, -0.2) is 4.98 Å². The third kappa shape index (κ3) is 6.29. The Kier molecular flexibility index (Phi) is 6.42. The van der Waals surface area contributed by atoms with Crippen molar-refractivity contribution in [2.45, 2.75) is 19.6 Å². The van der Waals surface area contributed by atoms with Crippen LogP contribution in [-0.2, 0) is 11.3 Å². The quantitative estimate of drug-likeness (QED) is 0.770. The summed E-state index contributed by atoms with van der Waals surface area (Å²) in [6.45, 7) is -0.372. The molecule has 1 aromatic rings. The molecule has 1 N–H and O–H groups in total. The van der Waals surface area contributed by atoms with Crippen molar-refractivity contribution in [1.29, 1.82) is 5.41 Å². The van der Waals surface area contributed by atoms with Crippen LogP contribution in [0, 0.1) is 5.41 Å². The second kappa shape index (κ2) is 8.05. The van der Waals surface area contributed by atoms with E-state index in [1.807, 2.05) is 0 Å². The number of nitrogens with zero attached hydrogens (tertiary/aromatic N) is 4. The van der Waals surface area contributed by atoms with E-state index >= 15 is 0 Å². The van der Waals surface area contributed by atoms with E-state index in [0.29, 0.717) is 0 Å². The minimum atomic E-state index is -4.50. The van der Waals surface area contributed by atoms with Gasteiger partial charge < -0.3 is 15.0 Å². The number of carbonyl (C=O) groups excluding carboxylic acids is 1. The Balaban J connectivity index is 2.83. The molecule has 0 spiro atoms. The number of amides is 1. The SMILES string of the molecule is CC(=O)N(CN=CC=N)Cc1nccnc1OCC(F)(F)F. The van der Waals surface area contributed by atoms with Gasteiger partial charge in [0.1, 0.15) is 12.4 Å². The third-order valence-corrected chi connectivity index (χ3v) is 2.33. The number of ether oxygens (including phenoxy) is 1. The lowest BCUT2D eigenvalue weighted by atomic mass is 10.3. The van der Waals surface area contributed by atoms with Crippen molar-refractivity contribution < 1.29 is 22.7 Å². The number of rotatable bonds is 7. The van der Waals surface area contributed by atoms with Crippen LogP contribution < -0.4 is 4.74 Å². The molecule has 1 amide bonds. The van der Waals surface area contributed by atoms with Gasteiger partial charge in [0.2, 0.25) is 11.8 Å². The Morgan fingerprint density at radius 3 is 2.73 bits per heavy atom. The Morgan fingerprint density at radius 1 is 1.45 bits per heavy atom. The first-order valence-electron chi connectivity index (χ1n) is 6.07. The first kappa shape index (κ1) is 17.5. The zero-order chi connectivity index (χ0) is 16.6. The van der Waals surface area contributed by atoms with Crippen LogP contribution in [0.1, 0.15) is 12.6 Å². The maximum Gasteiger partial charge on any atom is 0.422 e. The molecule has 0 radical (unpaired) electrons. The van der Waals surface area contributed by atoms with Gasteiger partial charge in [-0.05, 0) is 0 Å². The molecule has 0 fully saturated rings. The highest BCUT2D eigenvalue weighted by Crippen LogP contribution is 2.19. The molecule has 0 unspecified atom stereocenters. The lowest BCUT2D eigenvalue weighted by Crippen LogP contribution is -2.29. The number of hydrogen-bond acceptors (Lipinski definition) is 6. The normalized spacial score (nSPS) is 11.5.